The smallest absolute Gasteiger partial charge is 0.273 e. The number of aromatic nitrogens is 3. The van der Waals surface area contributed by atoms with Gasteiger partial charge in [0.1, 0.15) is 11.8 Å². The highest BCUT2D eigenvalue weighted by atomic mass is 32.1. The van der Waals surface area contributed by atoms with E-state index in [2.05, 4.69) is 15.0 Å². The van der Waals surface area contributed by atoms with E-state index in [4.69, 9.17) is 4.74 Å². The van der Waals surface area contributed by atoms with Crippen molar-refractivity contribution in [3.8, 4) is 0 Å². The average molecular weight is 319 g/mol. The molecule has 0 unspecified atom stereocenters. The summed E-state index contributed by atoms with van der Waals surface area (Å²) in [5, 5.41) is 1.77. The van der Waals surface area contributed by atoms with E-state index in [0.717, 1.165) is 5.69 Å². The maximum Gasteiger partial charge on any atom is 0.273 e. The van der Waals surface area contributed by atoms with Crippen LogP contribution in [0.5, 0.6) is 0 Å². The molecular formula is C14H17N5O2S. The Morgan fingerprint density at radius 3 is 3.05 bits per heavy atom. The van der Waals surface area contributed by atoms with E-state index >= 15 is 0 Å². The van der Waals surface area contributed by atoms with E-state index in [9.17, 15) is 4.79 Å². The first-order valence-electron chi connectivity index (χ1n) is 6.94. The van der Waals surface area contributed by atoms with Crippen molar-refractivity contribution >= 4 is 23.2 Å². The molecule has 3 heterocycles. The summed E-state index contributed by atoms with van der Waals surface area (Å²) in [5.74, 6) is 0.570. The molecule has 0 radical (unpaired) electrons. The summed E-state index contributed by atoms with van der Waals surface area (Å²) in [7, 11) is 3.78. The lowest BCUT2D eigenvalue weighted by Crippen LogP contribution is -2.42. The van der Waals surface area contributed by atoms with Gasteiger partial charge in [-0.25, -0.2) is 15.0 Å². The number of ether oxygens (including phenoxy) is 1. The van der Waals surface area contributed by atoms with Crippen molar-refractivity contribution in [2.45, 2.75) is 6.10 Å². The monoisotopic (exact) mass is 319 g/mol. The van der Waals surface area contributed by atoms with Gasteiger partial charge >= 0.3 is 0 Å². The summed E-state index contributed by atoms with van der Waals surface area (Å²) in [4.78, 5) is 28.8. The van der Waals surface area contributed by atoms with Gasteiger partial charge < -0.3 is 14.5 Å². The van der Waals surface area contributed by atoms with Crippen molar-refractivity contribution in [3.05, 3.63) is 34.5 Å². The molecule has 2 aromatic heterocycles. The van der Waals surface area contributed by atoms with Gasteiger partial charge in [0.05, 0.1) is 24.4 Å². The zero-order valence-corrected chi connectivity index (χ0v) is 13.3. The fraction of sp³-hybridized carbons (Fsp3) is 0.429. The molecule has 22 heavy (non-hydrogen) atoms. The van der Waals surface area contributed by atoms with Gasteiger partial charge in [0.2, 0.25) is 5.95 Å². The van der Waals surface area contributed by atoms with Crippen LogP contribution in [0.2, 0.25) is 0 Å². The highest BCUT2D eigenvalue weighted by Gasteiger charge is 2.28. The Bertz CT molecular complexity index is 646. The quantitative estimate of drug-likeness (QED) is 0.847. The number of amides is 1. The normalized spacial score (nSPS) is 18.3. The maximum atomic E-state index is 12.4. The Kier molecular flexibility index (Phi) is 4.30. The van der Waals surface area contributed by atoms with Crippen LogP contribution in [0.3, 0.4) is 0 Å². The molecule has 2 aromatic rings. The van der Waals surface area contributed by atoms with Gasteiger partial charge in [-0.1, -0.05) is 0 Å². The van der Waals surface area contributed by atoms with Crippen LogP contribution in [0.1, 0.15) is 22.3 Å². The summed E-state index contributed by atoms with van der Waals surface area (Å²) >= 11 is 1.42. The summed E-state index contributed by atoms with van der Waals surface area (Å²) in [6, 6.07) is 1.83. The van der Waals surface area contributed by atoms with Crippen molar-refractivity contribution in [3.63, 3.8) is 0 Å². The highest BCUT2D eigenvalue weighted by molar-refractivity contribution is 7.07. The van der Waals surface area contributed by atoms with Crippen molar-refractivity contribution in [2.24, 2.45) is 0 Å². The zero-order valence-electron chi connectivity index (χ0n) is 12.5. The Morgan fingerprint density at radius 1 is 1.45 bits per heavy atom. The molecule has 1 saturated heterocycles. The lowest BCUT2D eigenvalue weighted by atomic mass is 10.2. The minimum Gasteiger partial charge on any atom is -0.368 e. The molecule has 0 saturated carbocycles. The van der Waals surface area contributed by atoms with Gasteiger partial charge in [0.25, 0.3) is 5.91 Å². The fourth-order valence-corrected chi connectivity index (χ4v) is 2.78. The van der Waals surface area contributed by atoms with Crippen LogP contribution in [0.25, 0.3) is 0 Å². The zero-order chi connectivity index (χ0) is 15.5. The number of nitrogens with zero attached hydrogens (tertiary/aromatic N) is 5. The van der Waals surface area contributed by atoms with Gasteiger partial charge in [0, 0.05) is 32.2 Å². The minimum atomic E-state index is -0.238. The van der Waals surface area contributed by atoms with Gasteiger partial charge in [0.15, 0.2) is 0 Å². The largest absolute Gasteiger partial charge is 0.368 e. The topological polar surface area (TPSA) is 71.5 Å². The molecule has 1 fully saturated rings. The Hall–Kier alpha value is -2.06. The van der Waals surface area contributed by atoms with Crippen molar-refractivity contribution in [1.82, 2.24) is 19.9 Å². The number of morpholine rings is 1. The first kappa shape index (κ1) is 14.9. The van der Waals surface area contributed by atoms with Crippen LogP contribution in [0.4, 0.5) is 5.95 Å². The SMILES string of the molecule is CN(C)c1nccc([C@H]2CN(C(=O)c3cscn3)CCO2)n1. The Balaban J connectivity index is 1.75. The van der Waals surface area contributed by atoms with Crippen LogP contribution in [-0.4, -0.2) is 59.6 Å². The molecule has 8 heteroatoms. The van der Waals surface area contributed by atoms with Crippen LogP contribution >= 0.6 is 11.3 Å². The Morgan fingerprint density at radius 2 is 2.32 bits per heavy atom. The number of hydrogen-bond donors (Lipinski definition) is 0. The first-order valence-corrected chi connectivity index (χ1v) is 7.89. The van der Waals surface area contributed by atoms with Gasteiger partial charge in [-0.2, -0.15) is 0 Å². The Labute approximate surface area is 132 Å². The fourth-order valence-electron chi connectivity index (χ4n) is 2.25. The molecule has 0 bridgehead atoms. The average Bonchev–Trinajstić information content (AvgIpc) is 3.09. The molecule has 7 nitrogen and oxygen atoms in total. The van der Waals surface area contributed by atoms with E-state index in [-0.39, 0.29) is 12.0 Å². The van der Waals surface area contributed by atoms with Gasteiger partial charge in [-0.05, 0) is 6.07 Å². The standard InChI is InChI=1S/C14H17N5O2S/c1-18(2)14-15-4-3-10(17-14)12-7-19(5-6-21-12)13(20)11-8-22-9-16-11/h3-4,8-9,12H,5-7H2,1-2H3/t12-/m1/s1. The van der Waals surface area contributed by atoms with Crippen LogP contribution in [-0.2, 0) is 4.74 Å². The van der Waals surface area contributed by atoms with Crippen LogP contribution in [0, 0.1) is 0 Å². The summed E-state index contributed by atoms with van der Waals surface area (Å²) in [5.41, 5.74) is 2.94. The predicted molar refractivity (Wildman–Crippen MR) is 83.1 cm³/mol. The lowest BCUT2D eigenvalue weighted by Gasteiger charge is -2.32. The third-order valence-electron chi connectivity index (χ3n) is 3.40. The van der Waals surface area contributed by atoms with Gasteiger partial charge in [-0.15, -0.1) is 11.3 Å². The lowest BCUT2D eigenvalue weighted by molar-refractivity contribution is -0.0249. The summed E-state index contributed by atoms with van der Waals surface area (Å²) in [6.45, 7) is 1.53. The number of hydrogen-bond acceptors (Lipinski definition) is 7. The third kappa shape index (κ3) is 3.07. The number of thiazole rings is 1. The first-order chi connectivity index (χ1) is 10.6. The molecule has 3 rings (SSSR count). The number of anilines is 1. The molecule has 0 spiro atoms. The molecule has 1 atom stereocenters. The van der Waals surface area contributed by atoms with E-state index in [0.29, 0.717) is 31.3 Å². The summed E-state index contributed by atoms with van der Waals surface area (Å²) in [6.07, 6.45) is 1.47. The van der Waals surface area contributed by atoms with E-state index in [1.165, 1.54) is 11.3 Å². The van der Waals surface area contributed by atoms with Gasteiger partial charge in [-0.3, -0.25) is 4.79 Å². The maximum absolute atomic E-state index is 12.4. The molecule has 0 N–H and O–H groups in total. The highest BCUT2D eigenvalue weighted by Crippen LogP contribution is 2.22. The third-order valence-corrected chi connectivity index (χ3v) is 3.99. The molecule has 0 aliphatic carbocycles. The second-order valence-electron chi connectivity index (χ2n) is 5.16. The number of rotatable bonds is 3. The van der Waals surface area contributed by atoms with E-state index in [1.54, 1.807) is 22.0 Å². The molecule has 1 amide bonds. The molecular weight excluding hydrogens is 302 g/mol. The van der Waals surface area contributed by atoms with E-state index in [1.807, 2.05) is 25.1 Å². The molecule has 116 valence electrons. The van der Waals surface area contributed by atoms with Crippen molar-refractivity contribution < 1.29 is 9.53 Å². The van der Waals surface area contributed by atoms with Crippen LogP contribution < -0.4 is 4.90 Å². The molecule has 1 aliphatic heterocycles. The second-order valence-corrected chi connectivity index (χ2v) is 5.88. The minimum absolute atomic E-state index is 0.0589. The number of carbonyl (C=O) groups is 1. The van der Waals surface area contributed by atoms with E-state index < -0.39 is 0 Å². The van der Waals surface area contributed by atoms with Crippen molar-refractivity contribution in [1.29, 1.82) is 0 Å². The summed E-state index contributed by atoms with van der Waals surface area (Å²) < 4.78 is 5.78. The van der Waals surface area contributed by atoms with Crippen LogP contribution in [0.15, 0.2) is 23.2 Å². The second kappa shape index (κ2) is 6.37. The predicted octanol–water partition coefficient (Wildman–Crippen LogP) is 1.21. The molecule has 0 aromatic carbocycles. The van der Waals surface area contributed by atoms with Crippen molar-refractivity contribution in [2.75, 3.05) is 38.7 Å². The number of carbonyl (C=O) groups excluding carboxylic acids is 1. The molecule has 1 aliphatic rings.